The molecule has 1 heterocycles. The first-order chi connectivity index (χ1) is 7.70. The first kappa shape index (κ1) is 11.0. The van der Waals surface area contributed by atoms with Crippen LogP contribution in [0.2, 0.25) is 0 Å². The first-order valence-corrected chi connectivity index (χ1v) is 5.60. The molecule has 0 spiro atoms. The molecule has 1 aromatic heterocycles. The quantitative estimate of drug-likeness (QED) is 0.836. The molecule has 2 nitrogen and oxygen atoms in total. The molecular weight excluding hydrogens is 196 g/mol. The van der Waals surface area contributed by atoms with Gasteiger partial charge in [-0.15, -0.1) is 0 Å². The van der Waals surface area contributed by atoms with Crippen LogP contribution in [0, 0.1) is 13.8 Å². The van der Waals surface area contributed by atoms with Crippen molar-refractivity contribution in [2.75, 3.05) is 0 Å². The average Bonchev–Trinajstić information content (AvgIpc) is 2.71. The summed E-state index contributed by atoms with van der Waals surface area (Å²) in [5, 5.41) is 0. The van der Waals surface area contributed by atoms with Gasteiger partial charge in [-0.05, 0) is 42.2 Å². The number of hydrogen-bond acceptors (Lipinski definition) is 1. The average molecular weight is 214 g/mol. The number of aromatic nitrogens is 1. The predicted molar refractivity (Wildman–Crippen MR) is 67.3 cm³/mol. The molecule has 0 fully saturated rings. The van der Waals surface area contributed by atoms with Crippen LogP contribution < -0.4 is 5.73 Å². The summed E-state index contributed by atoms with van der Waals surface area (Å²) in [7, 11) is 0. The number of hydrogen-bond donors (Lipinski definition) is 1. The van der Waals surface area contributed by atoms with E-state index in [9.17, 15) is 0 Å². The second-order valence-electron chi connectivity index (χ2n) is 4.27. The zero-order chi connectivity index (χ0) is 11.5. The van der Waals surface area contributed by atoms with Crippen molar-refractivity contribution in [1.29, 1.82) is 0 Å². The highest BCUT2D eigenvalue weighted by atomic mass is 14.9. The van der Waals surface area contributed by atoms with E-state index in [0.29, 0.717) is 6.54 Å². The Bertz CT molecular complexity index is 463. The maximum absolute atomic E-state index is 5.60. The number of aryl methyl sites for hydroxylation is 2. The van der Waals surface area contributed by atoms with Crippen LogP contribution in [-0.2, 0) is 13.1 Å². The summed E-state index contributed by atoms with van der Waals surface area (Å²) in [6.07, 6.45) is 4.21. The summed E-state index contributed by atoms with van der Waals surface area (Å²) in [5.41, 5.74) is 10.9. The van der Waals surface area contributed by atoms with Crippen molar-refractivity contribution in [1.82, 2.24) is 4.57 Å². The van der Waals surface area contributed by atoms with Crippen LogP contribution in [0.1, 0.15) is 22.3 Å². The molecule has 2 N–H and O–H groups in total. The molecule has 1 aromatic carbocycles. The first-order valence-electron chi connectivity index (χ1n) is 5.60. The van der Waals surface area contributed by atoms with Crippen LogP contribution in [0.15, 0.2) is 36.7 Å². The zero-order valence-corrected chi connectivity index (χ0v) is 9.90. The van der Waals surface area contributed by atoms with E-state index in [4.69, 9.17) is 5.73 Å². The van der Waals surface area contributed by atoms with Crippen LogP contribution in [-0.4, -0.2) is 4.57 Å². The highest BCUT2D eigenvalue weighted by molar-refractivity contribution is 5.33. The molecule has 0 unspecified atom stereocenters. The fraction of sp³-hybridized carbons (Fsp3) is 0.286. The van der Waals surface area contributed by atoms with Gasteiger partial charge in [0.05, 0.1) is 0 Å². The molecular formula is C14H18N2. The van der Waals surface area contributed by atoms with Gasteiger partial charge in [0.15, 0.2) is 0 Å². The molecule has 0 saturated heterocycles. The number of benzene rings is 1. The van der Waals surface area contributed by atoms with Gasteiger partial charge < -0.3 is 10.3 Å². The van der Waals surface area contributed by atoms with Gasteiger partial charge in [0, 0.05) is 25.5 Å². The van der Waals surface area contributed by atoms with Crippen LogP contribution in [0.25, 0.3) is 0 Å². The molecule has 0 aliphatic carbocycles. The summed E-state index contributed by atoms with van der Waals surface area (Å²) < 4.78 is 2.19. The van der Waals surface area contributed by atoms with Crippen molar-refractivity contribution in [2.45, 2.75) is 26.9 Å². The van der Waals surface area contributed by atoms with Crippen LogP contribution in [0.5, 0.6) is 0 Å². The van der Waals surface area contributed by atoms with Crippen LogP contribution >= 0.6 is 0 Å². The van der Waals surface area contributed by atoms with Crippen molar-refractivity contribution >= 4 is 0 Å². The fourth-order valence-electron chi connectivity index (χ4n) is 1.99. The Balaban J connectivity index is 2.26. The molecule has 2 rings (SSSR count). The normalized spacial score (nSPS) is 10.7. The van der Waals surface area contributed by atoms with E-state index in [1.807, 2.05) is 0 Å². The smallest absolute Gasteiger partial charge is 0.0475 e. The topological polar surface area (TPSA) is 30.9 Å². The Morgan fingerprint density at radius 2 is 1.81 bits per heavy atom. The molecule has 0 bridgehead atoms. The Kier molecular flexibility index (Phi) is 3.11. The van der Waals surface area contributed by atoms with Crippen LogP contribution in [0.4, 0.5) is 0 Å². The summed E-state index contributed by atoms with van der Waals surface area (Å²) in [5.74, 6) is 0. The molecule has 0 atom stereocenters. The largest absolute Gasteiger partial charge is 0.350 e. The van der Waals surface area contributed by atoms with E-state index in [1.165, 1.54) is 22.3 Å². The monoisotopic (exact) mass is 214 g/mol. The van der Waals surface area contributed by atoms with E-state index < -0.39 is 0 Å². The van der Waals surface area contributed by atoms with Gasteiger partial charge in [-0.3, -0.25) is 0 Å². The molecule has 0 radical (unpaired) electrons. The lowest BCUT2D eigenvalue weighted by atomic mass is 10.0. The lowest BCUT2D eigenvalue weighted by molar-refractivity contribution is 0.790. The minimum Gasteiger partial charge on any atom is -0.350 e. The van der Waals surface area contributed by atoms with Crippen molar-refractivity contribution in [3.63, 3.8) is 0 Å². The second kappa shape index (κ2) is 4.54. The van der Waals surface area contributed by atoms with E-state index in [2.05, 4.69) is 55.1 Å². The molecule has 0 saturated carbocycles. The summed E-state index contributed by atoms with van der Waals surface area (Å²) in [6.45, 7) is 5.86. The maximum Gasteiger partial charge on any atom is 0.0475 e. The van der Waals surface area contributed by atoms with Gasteiger partial charge >= 0.3 is 0 Å². The Labute approximate surface area is 96.7 Å². The van der Waals surface area contributed by atoms with Gasteiger partial charge in [-0.1, -0.05) is 18.2 Å². The zero-order valence-electron chi connectivity index (χ0n) is 9.90. The van der Waals surface area contributed by atoms with E-state index in [1.54, 1.807) is 0 Å². The van der Waals surface area contributed by atoms with Crippen molar-refractivity contribution in [3.8, 4) is 0 Å². The van der Waals surface area contributed by atoms with Gasteiger partial charge in [0.2, 0.25) is 0 Å². The van der Waals surface area contributed by atoms with Crippen molar-refractivity contribution in [3.05, 3.63) is 58.9 Å². The van der Waals surface area contributed by atoms with E-state index in [-0.39, 0.29) is 0 Å². The summed E-state index contributed by atoms with van der Waals surface area (Å²) >= 11 is 0. The standard InChI is InChI=1S/C14H18N2/c1-11-4-3-5-12(2)14(11)10-16-7-6-13(8-15)9-16/h3-7,9H,8,10,15H2,1-2H3. The molecule has 0 aliphatic heterocycles. The highest BCUT2D eigenvalue weighted by Gasteiger charge is 2.03. The van der Waals surface area contributed by atoms with Crippen molar-refractivity contribution < 1.29 is 0 Å². The molecule has 84 valence electrons. The molecule has 0 aliphatic rings. The predicted octanol–water partition coefficient (Wildman–Crippen LogP) is 2.61. The molecule has 2 heteroatoms. The maximum atomic E-state index is 5.60. The van der Waals surface area contributed by atoms with Crippen molar-refractivity contribution in [2.24, 2.45) is 5.73 Å². The third kappa shape index (κ3) is 2.17. The third-order valence-electron chi connectivity index (χ3n) is 3.03. The van der Waals surface area contributed by atoms with Crippen LogP contribution in [0.3, 0.4) is 0 Å². The SMILES string of the molecule is Cc1cccc(C)c1Cn1ccc(CN)c1. The summed E-state index contributed by atoms with van der Waals surface area (Å²) in [6, 6.07) is 8.51. The van der Waals surface area contributed by atoms with Gasteiger partial charge in [-0.2, -0.15) is 0 Å². The minimum absolute atomic E-state index is 0.611. The number of rotatable bonds is 3. The van der Waals surface area contributed by atoms with E-state index >= 15 is 0 Å². The minimum atomic E-state index is 0.611. The lowest BCUT2D eigenvalue weighted by Gasteiger charge is -2.10. The fourth-order valence-corrected chi connectivity index (χ4v) is 1.99. The van der Waals surface area contributed by atoms with Gasteiger partial charge in [0.1, 0.15) is 0 Å². The lowest BCUT2D eigenvalue weighted by Crippen LogP contribution is -2.01. The highest BCUT2D eigenvalue weighted by Crippen LogP contribution is 2.15. The molecule has 16 heavy (non-hydrogen) atoms. The Morgan fingerprint density at radius 1 is 1.12 bits per heavy atom. The summed E-state index contributed by atoms with van der Waals surface area (Å²) in [4.78, 5) is 0. The molecule has 0 amide bonds. The van der Waals surface area contributed by atoms with Gasteiger partial charge in [-0.25, -0.2) is 0 Å². The Morgan fingerprint density at radius 3 is 2.38 bits per heavy atom. The second-order valence-corrected chi connectivity index (χ2v) is 4.27. The number of nitrogens with zero attached hydrogens (tertiary/aromatic N) is 1. The molecule has 2 aromatic rings. The number of nitrogens with two attached hydrogens (primary N) is 1. The third-order valence-corrected chi connectivity index (χ3v) is 3.03. The Hall–Kier alpha value is -1.54. The van der Waals surface area contributed by atoms with Gasteiger partial charge in [0.25, 0.3) is 0 Å². The van der Waals surface area contributed by atoms with E-state index in [0.717, 1.165) is 6.54 Å².